The first kappa shape index (κ1) is 59.6. The summed E-state index contributed by atoms with van der Waals surface area (Å²) in [6.07, 6.45) is 20.3. The minimum atomic E-state index is -1.08. The van der Waals surface area contributed by atoms with Crippen molar-refractivity contribution in [3.05, 3.63) is 54.4 Å². The second-order valence-electron chi connectivity index (χ2n) is 15.6. The lowest BCUT2D eigenvalue weighted by molar-refractivity contribution is -0.139. The summed E-state index contributed by atoms with van der Waals surface area (Å²) >= 11 is 5.70. The summed E-state index contributed by atoms with van der Waals surface area (Å²) in [5.74, 6) is 1.20. The molecule has 14 heteroatoms. The Morgan fingerprint density at radius 3 is 1.73 bits per heavy atom. The average Bonchev–Trinajstić information content (AvgIpc) is 3.71. The number of nitrogens with zero attached hydrogens (tertiary/aromatic N) is 2. The van der Waals surface area contributed by atoms with Crippen molar-refractivity contribution < 1.29 is 46.9 Å². The van der Waals surface area contributed by atoms with E-state index in [1.807, 2.05) is 42.6 Å². The van der Waals surface area contributed by atoms with Crippen molar-refractivity contribution in [3.8, 4) is 11.1 Å². The Hall–Kier alpha value is -2.46. The van der Waals surface area contributed by atoms with Gasteiger partial charge in [0.1, 0.15) is 0 Å². The number of esters is 1. The normalized spacial score (nSPS) is 12.1. The smallest absolute Gasteiger partial charge is 0.310 e. The molecule has 0 amide bonds. The maximum Gasteiger partial charge on any atom is 0.310 e. The molecule has 1 aromatic carbocycles. The summed E-state index contributed by atoms with van der Waals surface area (Å²) in [5.41, 5.74) is 3.49. The van der Waals surface area contributed by atoms with Gasteiger partial charge in [-0.2, -0.15) is 5.10 Å². The molecule has 2 heterocycles. The lowest BCUT2D eigenvalue weighted by atomic mass is 10.00. The fourth-order valence-corrected chi connectivity index (χ4v) is 7.27. The maximum absolute atomic E-state index is 11.9. The Kier molecular flexibility index (Phi) is 39.0. The van der Waals surface area contributed by atoms with Crippen LogP contribution < -0.4 is 0 Å². The molecule has 0 aliphatic rings. The number of carbonyl (C=O) groups is 1. The highest BCUT2D eigenvalue weighted by atomic mass is 35.5. The Labute approximate surface area is 394 Å². The summed E-state index contributed by atoms with van der Waals surface area (Å²) in [6, 6.07) is 11.5. The predicted molar refractivity (Wildman–Crippen MR) is 261 cm³/mol. The van der Waals surface area contributed by atoms with Crippen molar-refractivity contribution in [3.63, 3.8) is 0 Å². The van der Waals surface area contributed by atoms with Crippen LogP contribution in [0, 0.1) is 5.92 Å². The van der Waals surface area contributed by atoms with Gasteiger partial charge in [0.2, 0.25) is 0 Å². The first-order valence-electron chi connectivity index (χ1n) is 23.9. The fourth-order valence-electron chi connectivity index (χ4n) is 6.32. The highest BCUT2D eigenvalue weighted by molar-refractivity contribution is 7.84. The van der Waals surface area contributed by atoms with Gasteiger partial charge >= 0.3 is 5.97 Å². The van der Waals surface area contributed by atoms with Gasteiger partial charge in [-0.1, -0.05) is 104 Å². The number of benzene rings is 1. The summed E-state index contributed by atoms with van der Waals surface area (Å²) in [6.45, 7) is 18.9. The first-order chi connectivity index (χ1) is 31.3. The van der Waals surface area contributed by atoms with Gasteiger partial charge in [0.15, 0.2) is 0 Å². The number of pyridine rings is 1. The van der Waals surface area contributed by atoms with E-state index in [4.69, 9.17) is 49.5 Å². The van der Waals surface area contributed by atoms with Gasteiger partial charge in [-0.15, -0.1) is 11.6 Å². The standard InChI is InChI=1S/C29H59ClO7.C17H16N2O3S.C4H10/c1-4-10-29(11-5-2)37-27-26-36-25-24-35-23-22-34-21-20-33-19-18-32-17-16-31-15-13-28(3)12-8-6-7-9-14-30;1-22-17(20)10-13-11-18-19-8-7-12(9-15(13)19)14-5-3-4-6-16(14)23(2)21;1-3-4-2/h28-29H,4-27H2,1-3H3;3-9,11H,10H2,1-2H3;3-4H2,1-2H3. The van der Waals surface area contributed by atoms with E-state index in [2.05, 4.69) is 39.7 Å². The number of methoxy groups -OCH3 is 1. The number of hydrogen-bond acceptors (Lipinski definition) is 11. The zero-order chi connectivity index (χ0) is 46.9. The van der Waals surface area contributed by atoms with Crippen LogP contribution >= 0.6 is 11.6 Å². The zero-order valence-electron chi connectivity index (χ0n) is 40.6. The lowest BCUT2D eigenvalue weighted by Crippen LogP contribution is -2.17. The number of rotatable bonds is 37. The second-order valence-corrected chi connectivity index (χ2v) is 17.4. The third-order valence-electron chi connectivity index (χ3n) is 10.2. The highest BCUT2D eigenvalue weighted by Crippen LogP contribution is 2.28. The van der Waals surface area contributed by atoms with Crippen molar-refractivity contribution in [2.24, 2.45) is 5.92 Å². The van der Waals surface area contributed by atoms with Crippen LogP contribution in [0.25, 0.3) is 16.6 Å². The molecular weight excluding hydrogens is 856 g/mol. The quantitative estimate of drug-likeness (QED) is 0.0312. The highest BCUT2D eigenvalue weighted by Gasteiger charge is 2.13. The molecule has 0 aliphatic heterocycles. The molecule has 0 bridgehead atoms. The largest absolute Gasteiger partial charge is 0.469 e. The Morgan fingerprint density at radius 2 is 1.22 bits per heavy atom. The molecule has 2 atom stereocenters. The number of ether oxygens (including phenoxy) is 8. The van der Waals surface area contributed by atoms with Crippen molar-refractivity contribution in [2.45, 2.75) is 129 Å². The molecule has 0 spiro atoms. The first-order valence-corrected chi connectivity index (χ1v) is 25.9. The van der Waals surface area contributed by atoms with Crippen LogP contribution in [0.3, 0.4) is 0 Å². The van der Waals surface area contributed by atoms with E-state index in [-0.39, 0.29) is 12.4 Å². The molecule has 0 saturated heterocycles. The van der Waals surface area contributed by atoms with Gasteiger partial charge < -0.3 is 37.9 Å². The number of halogens is 1. The van der Waals surface area contributed by atoms with E-state index in [1.54, 1.807) is 17.0 Å². The molecule has 2 unspecified atom stereocenters. The van der Waals surface area contributed by atoms with Gasteiger partial charge in [0, 0.05) is 35.4 Å². The van der Waals surface area contributed by atoms with Crippen LogP contribution in [-0.4, -0.2) is 131 Å². The number of aromatic nitrogens is 2. The van der Waals surface area contributed by atoms with Crippen molar-refractivity contribution in [1.82, 2.24) is 9.61 Å². The van der Waals surface area contributed by atoms with Gasteiger partial charge in [-0.3, -0.25) is 9.00 Å². The Morgan fingerprint density at radius 1 is 0.688 bits per heavy atom. The molecule has 64 heavy (non-hydrogen) atoms. The van der Waals surface area contributed by atoms with Crippen LogP contribution in [0.2, 0.25) is 0 Å². The van der Waals surface area contributed by atoms with Crippen LogP contribution in [0.4, 0.5) is 0 Å². The summed E-state index contributed by atoms with van der Waals surface area (Å²) in [5, 5.41) is 4.25. The van der Waals surface area contributed by atoms with Gasteiger partial charge in [0.25, 0.3) is 0 Å². The molecule has 2 aromatic heterocycles. The summed E-state index contributed by atoms with van der Waals surface area (Å²) in [7, 11) is 0.290. The van der Waals surface area contributed by atoms with Crippen molar-refractivity contribution in [1.29, 1.82) is 0 Å². The average molecular weight is 942 g/mol. The molecule has 0 saturated carbocycles. The van der Waals surface area contributed by atoms with Crippen molar-refractivity contribution >= 4 is 33.9 Å². The number of hydrogen-bond donors (Lipinski definition) is 0. The molecule has 0 aliphatic carbocycles. The van der Waals surface area contributed by atoms with Gasteiger partial charge in [0.05, 0.1) is 121 Å². The summed E-state index contributed by atoms with van der Waals surface area (Å²) in [4.78, 5) is 12.3. The van der Waals surface area contributed by atoms with E-state index >= 15 is 0 Å². The van der Waals surface area contributed by atoms with Crippen LogP contribution in [0.1, 0.15) is 117 Å². The number of unbranched alkanes of at least 4 members (excludes halogenated alkanes) is 4. The minimum Gasteiger partial charge on any atom is -0.469 e. The Bertz CT molecular complexity index is 1560. The SMILES string of the molecule is CCCC.CCCC(CCC)OCCOCCOCCOCCOCCOCCOCCC(C)CCCCCCCl.COC(=O)Cc1cnn2ccc(-c3ccccc3S(C)=O)cc12. The van der Waals surface area contributed by atoms with E-state index in [1.165, 1.54) is 45.6 Å². The molecule has 0 radical (unpaired) electrons. The van der Waals surface area contributed by atoms with E-state index < -0.39 is 10.8 Å². The fraction of sp³-hybridized carbons (Fsp3) is 0.720. The molecule has 12 nitrogen and oxygen atoms in total. The topological polar surface area (TPSA) is 125 Å². The van der Waals surface area contributed by atoms with Crippen LogP contribution in [-0.2, 0) is 59.9 Å². The number of carbonyl (C=O) groups excluding carboxylic acids is 1. The molecular formula is C50H85ClN2O10S. The lowest BCUT2D eigenvalue weighted by Gasteiger charge is -2.16. The molecule has 0 fully saturated rings. The number of fused-ring (bicyclic) bond motifs is 1. The monoisotopic (exact) mass is 941 g/mol. The van der Waals surface area contributed by atoms with Crippen LogP contribution in [0.5, 0.6) is 0 Å². The number of alkyl halides is 1. The molecule has 0 N–H and O–H groups in total. The predicted octanol–water partition coefficient (Wildman–Crippen LogP) is 10.5. The maximum atomic E-state index is 11.9. The van der Waals surface area contributed by atoms with E-state index in [9.17, 15) is 9.00 Å². The molecule has 3 aromatic rings. The van der Waals surface area contributed by atoms with Crippen molar-refractivity contribution in [2.75, 3.05) is 105 Å². The minimum absolute atomic E-state index is 0.171. The molecule has 368 valence electrons. The Balaban J connectivity index is 0.000000638. The third-order valence-corrected chi connectivity index (χ3v) is 11.4. The van der Waals surface area contributed by atoms with Crippen LogP contribution in [0.15, 0.2) is 53.7 Å². The summed E-state index contributed by atoms with van der Waals surface area (Å²) < 4.78 is 57.5. The zero-order valence-corrected chi connectivity index (χ0v) is 42.2. The van der Waals surface area contributed by atoms with Gasteiger partial charge in [-0.05, 0) is 60.9 Å². The second kappa shape index (κ2) is 41.9. The molecule has 3 rings (SSSR count). The van der Waals surface area contributed by atoms with E-state index in [0.29, 0.717) is 85.4 Å². The van der Waals surface area contributed by atoms with E-state index in [0.717, 1.165) is 84.0 Å². The third kappa shape index (κ3) is 29.9. The van der Waals surface area contributed by atoms with Gasteiger partial charge in [-0.25, -0.2) is 4.52 Å².